The molecule has 0 heterocycles. The Morgan fingerprint density at radius 2 is 0.482 bits per heavy atom. The van der Waals surface area contributed by atoms with Gasteiger partial charge >= 0.3 is 17.9 Å². The van der Waals surface area contributed by atoms with Gasteiger partial charge in [0.05, 0.1) is 0 Å². The number of esters is 3. The van der Waals surface area contributed by atoms with Gasteiger partial charge in [0.25, 0.3) is 0 Å². The highest BCUT2D eigenvalue weighted by Crippen LogP contribution is 2.18. The third-order valence-corrected chi connectivity index (χ3v) is 16.2. The van der Waals surface area contributed by atoms with E-state index in [0.717, 1.165) is 103 Å². The summed E-state index contributed by atoms with van der Waals surface area (Å²) < 4.78 is 16.9. The fourth-order valence-corrected chi connectivity index (χ4v) is 10.7. The quantitative estimate of drug-likeness (QED) is 0.0261. The maximum absolute atomic E-state index is 12.9. The molecule has 0 aromatic rings. The highest BCUT2D eigenvalue weighted by molar-refractivity contribution is 5.71. The first kappa shape index (κ1) is 79.8. The predicted octanol–water partition coefficient (Wildman–Crippen LogP) is 25.2. The van der Waals surface area contributed by atoms with Crippen LogP contribution in [0.4, 0.5) is 0 Å². The monoisotopic (exact) mass is 1160 g/mol. The molecule has 0 saturated carbocycles. The van der Waals surface area contributed by atoms with Gasteiger partial charge in [-0.05, 0) is 103 Å². The van der Waals surface area contributed by atoms with Crippen LogP contribution in [0.5, 0.6) is 0 Å². The standard InChI is InChI=1S/C77H138O6/c1-4-7-10-13-16-19-22-24-26-28-30-31-32-33-34-35-36-37-38-39-40-41-42-43-44-45-47-48-50-52-55-58-61-64-67-70-76(79)82-73-74(72-81-75(78)69-66-63-60-57-54-21-18-15-12-9-6-3)83-77(80)71-68-65-62-59-56-53-51-49-46-29-27-25-23-20-17-14-11-8-5-2/h8,11,15,17-18,20,25,27-28,30,46,49,74H,4-7,9-10,12-14,16,19,21-24,26,29,31-45,47-48,50-73H2,1-3H3/b11-8-,18-15-,20-17-,27-25-,30-28-,49-46-. The zero-order valence-electron chi connectivity index (χ0n) is 55.5. The van der Waals surface area contributed by atoms with Crippen LogP contribution in [0.1, 0.15) is 380 Å². The Balaban J connectivity index is 4.08. The summed E-state index contributed by atoms with van der Waals surface area (Å²) in [6.45, 7) is 6.52. The predicted molar refractivity (Wildman–Crippen MR) is 362 cm³/mol. The van der Waals surface area contributed by atoms with Gasteiger partial charge < -0.3 is 14.2 Å². The van der Waals surface area contributed by atoms with Crippen LogP contribution in [0.15, 0.2) is 72.9 Å². The minimum atomic E-state index is -0.786. The zero-order chi connectivity index (χ0) is 59.9. The van der Waals surface area contributed by atoms with E-state index in [-0.39, 0.29) is 31.1 Å². The molecule has 1 atom stereocenters. The van der Waals surface area contributed by atoms with E-state index in [1.165, 1.54) is 238 Å². The number of carbonyl (C=O) groups is 3. The maximum Gasteiger partial charge on any atom is 0.306 e. The van der Waals surface area contributed by atoms with E-state index in [9.17, 15) is 14.4 Å². The summed E-state index contributed by atoms with van der Waals surface area (Å²) >= 11 is 0. The lowest BCUT2D eigenvalue weighted by Gasteiger charge is -2.18. The number of allylic oxidation sites excluding steroid dienone is 12. The van der Waals surface area contributed by atoms with Crippen LogP contribution in [-0.4, -0.2) is 37.2 Å². The highest BCUT2D eigenvalue weighted by Gasteiger charge is 2.19. The molecule has 0 amide bonds. The average molecular weight is 1160 g/mol. The molecule has 0 saturated heterocycles. The van der Waals surface area contributed by atoms with Gasteiger partial charge in [0.1, 0.15) is 13.2 Å². The third kappa shape index (κ3) is 69.5. The van der Waals surface area contributed by atoms with Crippen molar-refractivity contribution in [2.24, 2.45) is 0 Å². The second-order valence-corrected chi connectivity index (χ2v) is 24.5. The van der Waals surface area contributed by atoms with E-state index in [1.807, 2.05) is 0 Å². The average Bonchev–Trinajstić information content (AvgIpc) is 3.48. The Bertz CT molecular complexity index is 1520. The SMILES string of the molecule is CC/C=C\C/C=C\C/C=C\C/C=C\CCCCCCCCC(=O)OC(COC(=O)CCCCCCC/C=C\CCCC)COC(=O)CCCCCCCCCCCCCCCCCCCCCCCCC/C=C\CCCCCCCCCC. The van der Waals surface area contributed by atoms with Crippen LogP contribution in [0, 0.1) is 0 Å². The first-order valence-electron chi connectivity index (χ1n) is 36.4. The smallest absolute Gasteiger partial charge is 0.306 e. The summed E-state index contributed by atoms with van der Waals surface area (Å²) in [6, 6.07) is 0. The van der Waals surface area contributed by atoms with Crippen LogP contribution >= 0.6 is 0 Å². The van der Waals surface area contributed by atoms with Gasteiger partial charge in [0, 0.05) is 19.3 Å². The molecule has 1 unspecified atom stereocenters. The molecule has 0 radical (unpaired) electrons. The lowest BCUT2D eigenvalue weighted by atomic mass is 10.0. The molecule has 6 heteroatoms. The van der Waals surface area contributed by atoms with Crippen molar-refractivity contribution in [1.82, 2.24) is 0 Å². The van der Waals surface area contributed by atoms with E-state index in [4.69, 9.17) is 14.2 Å². The fraction of sp³-hybridized carbons (Fsp3) is 0.805. The summed E-state index contributed by atoms with van der Waals surface area (Å²) in [6.07, 6.45) is 93.9. The first-order valence-corrected chi connectivity index (χ1v) is 36.4. The Morgan fingerprint density at radius 1 is 0.253 bits per heavy atom. The van der Waals surface area contributed by atoms with Crippen LogP contribution in [0.2, 0.25) is 0 Å². The molecule has 0 rings (SSSR count). The van der Waals surface area contributed by atoms with Crippen LogP contribution in [0.25, 0.3) is 0 Å². The fourth-order valence-electron chi connectivity index (χ4n) is 10.7. The Morgan fingerprint density at radius 3 is 0.783 bits per heavy atom. The molecule has 0 aliphatic rings. The normalized spacial score (nSPS) is 12.5. The molecule has 6 nitrogen and oxygen atoms in total. The largest absolute Gasteiger partial charge is 0.462 e. The molecule has 0 bridgehead atoms. The highest BCUT2D eigenvalue weighted by atomic mass is 16.6. The Kier molecular flexibility index (Phi) is 68.6. The van der Waals surface area contributed by atoms with Gasteiger partial charge in [0.2, 0.25) is 0 Å². The molecule has 0 N–H and O–H groups in total. The summed E-state index contributed by atoms with van der Waals surface area (Å²) in [4.78, 5) is 38.3. The van der Waals surface area contributed by atoms with E-state index in [2.05, 4.69) is 93.7 Å². The molecular weight excluding hydrogens is 1020 g/mol. The van der Waals surface area contributed by atoms with Crippen LogP contribution < -0.4 is 0 Å². The number of carbonyl (C=O) groups excluding carboxylic acids is 3. The number of rotatable bonds is 67. The van der Waals surface area contributed by atoms with Crippen LogP contribution in [0.3, 0.4) is 0 Å². The molecule has 0 aliphatic heterocycles. The first-order chi connectivity index (χ1) is 41.0. The summed E-state index contributed by atoms with van der Waals surface area (Å²) in [5.41, 5.74) is 0. The van der Waals surface area contributed by atoms with E-state index in [0.29, 0.717) is 19.3 Å². The zero-order valence-corrected chi connectivity index (χ0v) is 55.5. The van der Waals surface area contributed by atoms with E-state index < -0.39 is 6.10 Å². The summed E-state index contributed by atoms with van der Waals surface area (Å²) in [5, 5.41) is 0. The van der Waals surface area contributed by atoms with Gasteiger partial charge in [-0.3, -0.25) is 14.4 Å². The van der Waals surface area contributed by atoms with Crippen molar-refractivity contribution in [3.05, 3.63) is 72.9 Å². The van der Waals surface area contributed by atoms with Crippen molar-refractivity contribution in [3.8, 4) is 0 Å². The van der Waals surface area contributed by atoms with E-state index in [1.54, 1.807) is 0 Å². The lowest BCUT2D eigenvalue weighted by Crippen LogP contribution is -2.30. The van der Waals surface area contributed by atoms with Crippen LogP contribution in [-0.2, 0) is 28.6 Å². The molecule has 83 heavy (non-hydrogen) atoms. The van der Waals surface area contributed by atoms with E-state index >= 15 is 0 Å². The number of hydrogen-bond donors (Lipinski definition) is 0. The van der Waals surface area contributed by atoms with Gasteiger partial charge in [-0.1, -0.05) is 331 Å². The van der Waals surface area contributed by atoms with Crippen molar-refractivity contribution >= 4 is 17.9 Å². The second-order valence-electron chi connectivity index (χ2n) is 24.5. The number of hydrogen-bond acceptors (Lipinski definition) is 6. The minimum Gasteiger partial charge on any atom is -0.462 e. The molecule has 0 aliphatic carbocycles. The third-order valence-electron chi connectivity index (χ3n) is 16.2. The topological polar surface area (TPSA) is 78.9 Å². The van der Waals surface area contributed by atoms with Crippen molar-refractivity contribution in [3.63, 3.8) is 0 Å². The van der Waals surface area contributed by atoms with Gasteiger partial charge in [-0.15, -0.1) is 0 Å². The molecule has 482 valence electrons. The lowest BCUT2D eigenvalue weighted by molar-refractivity contribution is -0.167. The maximum atomic E-state index is 12.9. The molecule has 0 fully saturated rings. The van der Waals surface area contributed by atoms with Gasteiger partial charge in [0.15, 0.2) is 6.10 Å². The number of ether oxygens (including phenoxy) is 3. The minimum absolute atomic E-state index is 0.0808. The second kappa shape index (κ2) is 71.3. The van der Waals surface area contributed by atoms with Gasteiger partial charge in [-0.2, -0.15) is 0 Å². The molecular formula is C77H138O6. The van der Waals surface area contributed by atoms with Crippen molar-refractivity contribution < 1.29 is 28.6 Å². The Hall–Kier alpha value is -3.15. The molecule has 0 aromatic carbocycles. The summed E-state index contributed by atoms with van der Waals surface area (Å²) in [7, 11) is 0. The van der Waals surface area contributed by atoms with Crippen molar-refractivity contribution in [2.45, 2.75) is 386 Å². The van der Waals surface area contributed by atoms with Crippen molar-refractivity contribution in [1.29, 1.82) is 0 Å². The van der Waals surface area contributed by atoms with Crippen molar-refractivity contribution in [2.75, 3.05) is 13.2 Å². The number of unbranched alkanes of at least 4 members (excludes halogenated alkanes) is 44. The summed E-state index contributed by atoms with van der Waals surface area (Å²) in [5.74, 6) is -0.887. The van der Waals surface area contributed by atoms with Gasteiger partial charge in [-0.25, -0.2) is 0 Å². The molecule has 0 aromatic heterocycles. The Labute approximate surface area is 516 Å². The molecule has 0 spiro atoms.